The van der Waals surface area contributed by atoms with Crippen LogP contribution in [0.25, 0.3) is 22.6 Å². The molecule has 3 aromatic heterocycles. The molecule has 0 saturated heterocycles. The van der Waals surface area contributed by atoms with Crippen molar-refractivity contribution in [2.45, 2.75) is 10.8 Å². The van der Waals surface area contributed by atoms with E-state index in [-0.39, 0.29) is 0 Å². The molecule has 0 aliphatic heterocycles. The van der Waals surface area contributed by atoms with Crippen LogP contribution in [0.5, 0.6) is 0 Å². The molecule has 0 spiro atoms. The minimum Gasteiger partial charge on any atom is -0.444 e. The molecule has 0 saturated carbocycles. The Balaban J connectivity index is 1.54. The van der Waals surface area contributed by atoms with Gasteiger partial charge in [0.2, 0.25) is 5.89 Å². The Morgan fingerprint density at radius 3 is 2.78 bits per heavy atom. The van der Waals surface area contributed by atoms with Gasteiger partial charge < -0.3 is 8.83 Å². The Kier molecular flexibility index (Phi) is 3.84. The van der Waals surface area contributed by atoms with Crippen molar-refractivity contribution < 1.29 is 8.83 Å². The molecule has 0 unspecified atom stereocenters. The molecule has 0 radical (unpaired) electrons. The number of aromatic nitrogens is 4. The molecule has 0 bridgehead atoms. The summed E-state index contributed by atoms with van der Waals surface area (Å²) in [6.45, 7) is 0. The number of benzene rings is 1. The van der Waals surface area contributed by atoms with E-state index in [1.807, 2.05) is 24.3 Å². The van der Waals surface area contributed by atoms with Crippen LogP contribution in [0.4, 0.5) is 0 Å². The highest BCUT2D eigenvalue weighted by molar-refractivity contribution is 9.10. The van der Waals surface area contributed by atoms with Gasteiger partial charge in [0.25, 0.3) is 5.89 Å². The third-order valence-electron chi connectivity index (χ3n) is 3.09. The fourth-order valence-electron chi connectivity index (χ4n) is 2.07. The van der Waals surface area contributed by atoms with Crippen molar-refractivity contribution in [3.63, 3.8) is 0 Å². The molecule has 1 aromatic carbocycles. The van der Waals surface area contributed by atoms with Crippen molar-refractivity contribution in [1.82, 2.24) is 20.2 Å². The predicted molar refractivity (Wildman–Crippen MR) is 88.8 cm³/mol. The van der Waals surface area contributed by atoms with E-state index in [1.54, 1.807) is 18.5 Å². The number of fused-ring (bicyclic) bond motifs is 1. The van der Waals surface area contributed by atoms with E-state index in [0.717, 1.165) is 15.9 Å². The second kappa shape index (κ2) is 6.13. The van der Waals surface area contributed by atoms with Crippen LogP contribution in [-0.2, 0) is 5.75 Å². The summed E-state index contributed by atoms with van der Waals surface area (Å²) in [7, 11) is 0. The maximum atomic E-state index is 5.62. The summed E-state index contributed by atoms with van der Waals surface area (Å²) in [5, 5.41) is 9.93. The first kappa shape index (κ1) is 14.4. The lowest BCUT2D eigenvalue weighted by Crippen LogP contribution is -1.88. The number of thioether (sulfide) groups is 1. The monoisotopic (exact) mass is 388 g/mol. The Morgan fingerprint density at radius 2 is 1.91 bits per heavy atom. The first-order valence-electron chi connectivity index (χ1n) is 6.70. The van der Waals surface area contributed by atoms with E-state index in [2.05, 4.69) is 36.1 Å². The fourth-order valence-corrected chi connectivity index (χ4v) is 3.20. The van der Waals surface area contributed by atoms with Gasteiger partial charge in [-0.05, 0) is 34.1 Å². The summed E-state index contributed by atoms with van der Waals surface area (Å²) < 4.78 is 11.6. The average Bonchev–Trinajstić information content (AvgIpc) is 3.21. The number of rotatable bonds is 4. The zero-order chi connectivity index (χ0) is 15.6. The van der Waals surface area contributed by atoms with Crippen molar-refractivity contribution in [2.24, 2.45) is 0 Å². The van der Waals surface area contributed by atoms with Crippen LogP contribution in [0.3, 0.4) is 0 Å². The first-order chi connectivity index (χ1) is 11.3. The summed E-state index contributed by atoms with van der Waals surface area (Å²) in [5.74, 6) is 1.93. The van der Waals surface area contributed by atoms with E-state index in [0.29, 0.717) is 28.0 Å². The van der Waals surface area contributed by atoms with Gasteiger partial charge in [0.15, 0.2) is 10.4 Å². The Morgan fingerprint density at radius 1 is 1.00 bits per heavy atom. The summed E-state index contributed by atoms with van der Waals surface area (Å²) >= 11 is 4.78. The van der Waals surface area contributed by atoms with Gasteiger partial charge >= 0.3 is 0 Å². The van der Waals surface area contributed by atoms with Crippen LogP contribution in [0.1, 0.15) is 5.89 Å². The fraction of sp³-hybridized carbons (Fsp3) is 0.0667. The molecule has 0 aliphatic carbocycles. The lowest BCUT2D eigenvalue weighted by atomic mass is 10.2. The summed E-state index contributed by atoms with van der Waals surface area (Å²) in [6.07, 6.45) is 1.56. The van der Waals surface area contributed by atoms with E-state index in [4.69, 9.17) is 8.83 Å². The van der Waals surface area contributed by atoms with Crippen LogP contribution in [-0.4, -0.2) is 20.2 Å². The average molecular weight is 389 g/mol. The second-order valence-electron chi connectivity index (χ2n) is 4.59. The van der Waals surface area contributed by atoms with Crippen molar-refractivity contribution >= 4 is 38.6 Å². The quantitative estimate of drug-likeness (QED) is 0.380. The van der Waals surface area contributed by atoms with Gasteiger partial charge in [-0.1, -0.05) is 30.0 Å². The van der Waals surface area contributed by atoms with Crippen LogP contribution in [0.2, 0.25) is 0 Å². The maximum Gasteiger partial charge on any atom is 0.283 e. The number of hydrogen-bond donors (Lipinski definition) is 0. The third kappa shape index (κ3) is 2.99. The number of nitrogens with zero attached hydrogens (tertiary/aromatic N) is 4. The van der Waals surface area contributed by atoms with E-state index in [9.17, 15) is 0 Å². The summed E-state index contributed by atoms with van der Waals surface area (Å²) in [6, 6.07) is 11.4. The lowest BCUT2D eigenvalue weighted by Gasteiger charge is -2.02. The zero-order valence-electron chi connectivity index (χ0n) is 11.6. The topological polar surface area (TPSA) is 77.8 Å². The van der Waals surface area contributed by atoms with Crippen LogP contribution in [0, 0.1) is 0 Å². The maximum absolute atomic E-state index is 5.62. The molecule has 4 rings (SSSR count). The SMILES string of the molecule is Brc1ccc(-c2nnc(CSc3ncnc4ccccc34)o2)o1. The van der Waals surface area contributed by atoms with Crippen LogP contribution in [0.15, 0.2) is 61.3 Å². The molecule has 4 aromatic rings. The van der Waals surface area contributed by atoms with Crippen molar-refractivity contribution in [1.29, 1.82) is 0 Å². The molecule has 0 aliphatic rings. The number of para-hydroxylation sites is 1. The highest BCUT2D eigenvalue weighted by Crippen LogP contribution is 2.28. The Labute approximate surface area is 143 Å². The van der Waals surface area contributed by atoms with E-state index >= 15 is 0 Å². The van der Waals surface area contributed by atoms with Crippen molar-refractivity contribution in [3.8, 4) is 11.7 Å². The molecular weight excluding hydrogens is 380 g/mol. The van der Waals surface area contributed by atoms with E-state index in [1.165, 1.54) is 11.8 Å². The molecule has 23 heavy (non-hydrogen) atoms. The largest absolute Gasteiger partial charge is 0.444 e. The highest BCUT2D eigenvalue weighted by atomic mass is 79.9. The minimum atomic E-state index is 0.360. The van der Waals surface area contributed by atoms with Gasteiger partial charge in [-0.15, -0.1) is 10.2 Å². The van der Waals surface area contributed by atoms with Gasteiger partial charge in [-0.25, -0.2) is 9.97 Å². The van der Waals surface area contributed by atoms with Gasteiger partial charge in [-0.3, -0.25) is 0 Å². The molecule has 0 fully saturated rings. The standard InChI is InChI=1S/C15H9BrN4O2S/c16-12-6-5-11(21-12)14-20-19-13(22-14)7-23-15-9-3-1-2-4-10(9)17-8-18-15/h1-6,8H,7H2. The summed E-state index contributed by atoms with van der Waals surface area (Å²) in [5.41, 5.74) is 0.914. The van der Waals surface area contributed by atoms with Gasteiger partial charge in [0, 0.05) is 5.39 Å². The van der Waals surface area contributed by atoms with E-state index < -0.39 is 0 Å². The number of hydrogen-bond acceptors (Lipinski definition) is 7. The number of halogens is 1. The highest BCUT2D eigenvalue weighted by Gasteiger charge is 2.13. The van der Waals surface area contributed by atoms with Crippen molar-refractivity contribution in [2.75, 3.05) is 0 Å². The molecule has 6 nitrogen and oxygen atoms in total. The number of furan rings is 1. The van der Waals surface area contributed by atoms with Crippen LogP contribution < -0.4 is 0 Å². The Hall–Kier alpha value is -2.19. The predicted octanol–water partition coefficient (Wildman–Crippen LogP) is 4.33. The van der Waals surface area contributed by atoms with Crippen molar-refractivity contribution in [3.05, 3.63) is 53.3 Å². The molecule has 8 heteroatoms. The Bertz CT molecular complexity index is 963. The molecule has 0 amide bonds. The first-order valence-corrected chi connectivity index (χ1v) is 8.48. The second-order valence-corrected chi connectivity index (χ2v) is 6.33. The van der Waals surface area contributed by atoms with Crippen LogP contribution >= 0.6 is 27.7 Å². The molecule has 3 heterocycles. The molecule has 0 N–H and O–H groups in total. The molecule has 0 atom stereocenters. The van der Waals surface area contributed by atoms with Gasteiger partial charge in [-0.2, -0.15) is 0 Å². The smallest absolute Gasteiger partial charge is 0.283 e. The zero-order valence-corrected chi connectivity index (χ0v) is 14.0. The van der Waals surface area contributed by atoms with Gasteiger partial charge in [0.1, 0.15) is 11.4 Å². The molecule has 114 valence electrons. The lowest BCUT2D eigenvalue weighted by molar-refractivity contribution is 0.486. The minimum absolute atomic E-state index is 0.360. The molecular formula is C15H9BrN4O2S. The van der Waals surface area contributed by atoms with Gasteiger partial charge in [0.05, 0.1) is 11.3 Å². The third-order valence-corrected chi connectivity index (χ3v) is 4.51. The normalized spacial score (nSPS) is 11.2. The summed E-state index contributed by atoms with van der Waals surface area (Å²) in [4.78, 5) is 8.58.